The number of hydrogen-bond acceptors (Lipinski definition) is 3. The molecule has 1 aliphatic carbocycles. The normalized spacial score (nSPS) is 17.9. The molecule has 0 bridgehead atoms. The summed E-state index contributed by atoms with van der Waals surface area (Å²) in [6, 6.07) is 1.98. The van der Waals surface area contributed by atoms with Crippen molar-refractivity contribution in [2.75, 3.05) is 13.7 Å². The second-order valence-electron chi connectivity index (χ2n) is 3.65. The minimum Gasteiger partial charge on any atom is -0.481 e. The van der Waals surface area contributed by atoms with Gasteiger partial charge in [0.05, 0.1) is 13.7 Å². The lowest BCUT2D eigenvalue weighted by molar-refractivity contribution is 0.250. The monoisotopic (exact) mass is 257 g/mol. The summed E-state index contributed by atoms with van der Waals surface area (Å²) in [5.74, 6) is 0.625. The van der Waals surface area contributed by atoms with Crippen molar-refractivity contribution in [2.24, 2.45) is 0 Å². The number of aliphatic hydroxyl groups is 1. The highest BCUT2D eigenvalue weighted by molar-refractivity contribution is 9.10. The Hall–Kier alpha value is -0.610. The Bertz CT molecular complexity index is 350. The number of ether oxygens (including phenoxy) is 1. The summed E-state index contributed by atoms with van der Waals surface area (Å²) in [7, 11) is 1.60. The van der Waals surface area contributed by atoms with Crippen LogP contribution in [-0.4, -0.2) is 23.8 Å². The summed E-state index contributed by atoms with van der Waals surface area (Å²) in [6.07, 6.45) is 3.73. The zero-order chi connectivity index (χ0) is 10.2. The molecule has 0 atom stereocenters. The van der Waals surface area contributed by atoms with Gasteiger partial charge in [0, 0.05) is 21.6 Å². The highest BCUT2D eigenvalue weighted by Gasteiger charge is 2.46. The van der Waals surface area contributed by atoms with Crippen LogP contribution in [0.3, 0.4) is 0 Å². The summed E-state index contributed by atoms with van der Waals surface area (Å²) in [6.45, 7) is 0.168. The number of hydrogen-bond donors (Lipinski definition) is 1. The van der Waals surface area contributed by atoms with Gasteiger partial charge in [-0.15, -0.1) is 0 Å². The molecule has 1 N–H and O–H groups in total. The van der Waals surface area contributed by atoms with E-state index in [0.29, 0.717) is 5.88 Å². The van der Waals surface area contributed by atoms with Crippen LogP contribution >= 0.6 is 15.9 Å². The van der Waals surface area contributed by atoms with Crippen LogP contribution in [0.4, 0.5) is 0 Å². The van der Waals surface area contributed by atoms with Crippen LogP contribution < -0.4 is 4.74 Å². The molecule has 0 saturated heterocycles. The second-order valence-corrected chi connectivity index (χ2v) is 4.56. The fourth-order valence-electron chi connectivity index (χ4n) is 1.63. The molecule has 0 aliphatic heterocycles. The van der Waals surface area contributed by atoms with E-state index in [1.54, 1.807) is 13.3 Å². The van der Waals surface area contributed by atoms with Crippen LogP contribution in [-0.2, 0) is 5.41 Å². The van der Waals surface area contributed by atoms with Crippen molar-refractivity contribution >= 4 is 15.9 Å². The summed E-state index contributed by atoms with van der Waals surface area (Å²) in [4.78, 5) is 4.17. The third-order valence-electron chi connectivity index (χ3n) is 2.74. The van der Waals surface area contributed by atoms with Gasteiger partial charge in [-0.3, -0.25) is 0 Å². The lowest BCUT2D eigenvalue weighted by Gasteiger charge is -2.15. The Morgan fingerprint density at radius 3 is 2.86 bits per heavy atom. The molecule has 0 aromatic carbocycles. The van der Waals surface area contributed by atoms with Gasteiger partial charge >= 0.3 is 0 Å². The average Bonchev–Trinajstić information content (AvgIpc) is 2.98. The molecule has 1 aliphatic rings. The van der Waals surface area contributed by atoms with Crippen LogP contribution in [0.25, 0.3) is 0 Å². The molecule has 3 nitrogen and oxygen atoms in total. The first-order valence-electron chi connectivity index (χ1n) is 4.53. The Morgan fingerprint density at radius 2 is 2.36 bits per heavy atom. The maximum atomic E-state index is 9.32. The third kappa shape index (κ3) is 1.53. The standard InChI is InChI=1S/C10H12BrNO2/c1-14-9-8(4-7(11)5-12-9)10(6-13)2-3-10/h4-5,13H,2-3,6H2,1H3. The van der Waals surface area contributed by atoms with Crippen LogP contribution in [0.5, 0.6) is 5.88 Å². The van der Waals surface area contributed by atoms with Gasteiger partial charge in [0.15, 0.2) is 0 Å². The predicted octanol–water partition coefficient (Wildman–Crippen LogP) is 1.88. The summed E-state index contributed by atoms with van der Waals surface area (Å²) >= 11 is 3.38. The van der Waals surface area contributed by atoms with Crippen molar-refractivity contribution in [1.29, 1.82) is 0 Å². The van der Waals surface area contributed by atoms with Crippen molar-refractivity contribution in [3.63, 3.8) is 0 Å². The van der Waals surface area contributed by atoms with Crippen LogP contribution in [0.15, 0.2) is 16.7 Å². The first-order chi connectivity index (χ1) is 6.72. The Labute approximate surface area is 91.2 Å². The van der Waals surface area contributed by atoms with Gasteiger partial charge in [-0.05, 0) is 34.8 Å². The van der Waals surface area contributed by atoms with Crippen molar-refractivity contribution in [3.8, 4) is 5.88 Å². The van der Waals surface area contributed by atoms with E-state index in [-0.39, 0.29) is 12.0 Å². The molecule has 1 fully saturated rings. The van der Waals surface area contributed by atoms with Gasteiger partial charge in [0.1, 0.15) is 0 Å². The molecule has 4 heteroatoms. The number of rotatable bonds is 3. The van der Waals surface area contributed by atoms with Gasteiger partial charge in [0.2, 0.25) is 5.88 Å². The SMILES string of the molecule is COc1ncc(Br)cc1C1(CO)CC1. The molecule has 76 valence electrons. The van der Waals surface area contributed by atoms with E-state index in [4.69, 9.17) is 4.74 Å². The molecule has 2 rings (SSSR count). The van der Waals surface area contributed by atoms with Crippen LogP contribution in [0, 0.1) is 0 Å². The Morgan fingerprint density at radius 1 is 1.64 bits per heavy atom. The lowest BCUT2D eigenvalue weighted by atomic mass is 9.98. The van der Waals surface area contributed by atoms with Gasteiger partial charge in [-0.25, -0.2) is 4.98 Å². The smallest absolute Gasteiger partial charge is 0.216 e. The molecule has 0 radical (unpaired) electrons. The highest BCUT2D eigenvalue weighted by atomic mass is 79.9. The molecule has 14 heavy (non-hydrogen) atoms. The van der Waals surface area contributed by atoms with E-state index in [1.807, 2.05) is 6.07 Å². The summed E-state index contributed by atoms with van der Waals surface area (Å²) in [5.41, 5.74) is 0.916. The number of methoxy groups -OCH3 is 1. The zero-order valence-electron chi connectivity index (χ0n) is 7.96. The third-order valence-corrected chi connectivity index (χ3v) is 3.17. The number of halogens is 1. The van der Waals surface area contributed by atoms with Crippen LogP contribution in [0.1, 0.15) is 18.4 Å². The van der Waals surface area contributed by atoms with Crippen molar-refractivity contribution in [1.82, 2.24) is 4.98 Å². The fourth-order valence-corrected chi connectivity index (χ4v) is 1.96. The van der Waals surface area contributed by atoms with Gasteiger partial charge < -0.3 is 9.84 Å². The molecule has 1 saturated carbocycles. The van der Waals surface area contributed by atoms with Crippen molar-refractivity contribution < 1.29 is 9.84 Å². The topological polar surface area (TPSA) is 42.4 Å². The van der Waals surface area contributed by atoms with E-state index in [2.05, 4.69) is 20.9 Å². The van der Waals surface area contributed by atoms with Gasteiger partial charge in [-0.2, -0.15) is 0 Å². The fraction of sp³-hybridized carbons (Fsp3) is 0.500. The first kappa shape index (κ1) is 9.93. The Balaban J connectivity index is 2.44. The molecule has 0 amide bonds. The first-order valence-corrected chi connectivity index (χ1v) is 5.32. The molecule has 1 heterocycles. The molecule has 1 aromatic heterocycles. The van der Waals surface area contributed by atoms with E-state index >= 15 is 0 Å². The number of pyridine rings is 1. The molecule has 0 unspecified atom stereocenters. The molecule has 0 spiro atoms. The van der Waals surface area contributed by atoms with E-state index in [1.165, 1.54) is 0 Å². The molecular formula is C10H12BrNO2. The van der Waals surface area contributed by atoms with Gasteiger partial charge in [-0.1, -0.05) is 0 Å². The van der Waals surface area contributed by atoms with Crippen LogP contribution in [0.2, 0.25) is 0 Å². The average molecular weight is 258 g/mol. The second kappa shape index (κ2) is 3.51. The largest absolute Gasteiger partial charge is 0.481 e. The quantitative estimate of drug-likeness (QED) is 0.900. The van der Waals surface area contributed by atoms with E-state index in [0.717, 1.165) is 22.9 Å². The minimum atomic E-state index is -0.0951. The van der Waals surface area contributed by atoms with Gasteiger partial charge in [0.25, 0.3) is 0 Å². The highest BCUT2D eigenvalue weighted by Crippen LogP contribution is 2.50. The van der Waals surface area contributed by atoms with E-state index < -0.39 is 0 Å². The minimum absolute atomic E-state index is 0.0951. The number of nitrogens with zero attached hydrogens (tertiary/aromatic N) is 1. The zero-order valence-corrected chi connectivity index (χ0v) is 9.54. The van der Waals surface area contributed by atoms with E-state index in [9.17, 15) is 5.11 Å². The number of aromatic nitrogens is 1. The summed E-state index contributed by atoms with van der Waals surface area (Å²) in [5, 5.41) is 9.32. The molecular weight excluding hydrogens is 246 g/mol. The maximum absolute atomic E-state index is 9.32. The maximum Gasteiger partial charge on any atom is 0.216 e. The molecule has 1 aromatic rings. The summed E-state index contributed by atoms with van der Waals surface area (Å²) < 4.78 is 6.11. The van der Waals surface area contributed by atoms with Crippen molar-refractivity contribution in [3.05, 3.63) is 22.3 Å². The number of aliphatic hydroxyl groups excluding tert-OH is 1. The Kier molecular flexibility index (Phi) is 2.49. The predicted molar refractivity (Wildman–Crippen MR) is 56.5 cm³/mol. The van der Waals surface area contributed by atoms with Crippen molar-refractivity contribution in [2.45, 2.75) is 18.3 Å². The lowest BCUT2D eigenvalue weighted by Crippen LogP contribution is -2.14.